The van der Waals surface area contributed by atoms with E-state index in [4.69, 9.17) is 14.2 Å². The number of methoxy groups -OCH3 is 1. The Bertz CT molecular complexity index is 412. The Hall–Kier alpha value is -1.26. The molecular weight excluding hydrogens is 230 g/mol. The van der Waals surface area contributed by atoms with E-state index in [1.165, 1.54) is 12.0 Å². The summed E-state index contributed by atoms with van der Waals surface area (Å²) in [7, 11) is 1.69. The predicted molar refractivity (Wildman–Crippen MR) is 68.5 cm³/mol. The minimum absolute atomic E-state index is 0.179. The Morgan fingerprint density at radius 3 is 2.78 bits per heavy atom. The van der Waals surface area contributed by atoms with Crippen LogP contribution in [0, 0.1) is 0 Å². The molecule has 2 fully saturated rings. The summed E-state index contributed by atoms with van der Waals surface area (Å²) in [5.74, 6) is 2.24. The van der Waals surface area contributed by atoms with Crippen LogP contribution >= 0.6 is 0 Å². The van der Waals surface area contributed by atoms with Gasteiger partial charge in [-0.05, 0) is 36.6 Å². The molecule has 1 N–H and O–H groups in total. The van der Waals surface area contributed by atoms with Crippen LogP contribution in [-0.2, 0) is 4.74 Å². The molecule has 0 saturated carbocycles. The van der Waals surface area contributed by atoms with E-state index >= 15 is 0 Å². The first-order valence-corrected chi connectivity index (χ1v) is 6.50. The van der Waals surface area contributed by atoms with Crippen molar-refractivity contribution in [3.63, 3.8) is 0 Å². The quantitative estimate of drug-likeness (QED) is 0.879. The smallest absolute Gasteiger partial charge is 0.161 e. The van der Waals surface area contributed by atoms with Crippen LogP contribution in [0.3, 0.4) is 0 Å². The molecule has 0 radical (unpaired) electrons. The van der Waals surface area contributed by atoms with Crippen molar-refractivity contribution in [2.45, 2.75) is 18.4 Å². The van der Waals surface area contributed by atoms with Gasteiger partial charge in [-0.1, -0.05) is 6.07 Å². The number of rotatable bonds is 4. The molecule has 2 saturated heterocycles. The van der Waals surface area contributed by atoms with Crippen LogP contribution in [0.5, 0.6) is 11.5 Å². The zero-order valence-corrected chi connectivity index (χ0v) is 10.6. The van der Waals surface area contributed by atoms with Gasteiger partial charge in [-0.2, -0.15) is 0 Å². The zero-order valence-electron chi connectivity index (χ0n) is 10.6. The first-order chi connectivity index (χ1) is 8.86. The molecule has 2 heterocycles. The van der Waals surface area contributed by atoms with Crippen molar-refractivity contribution in [1.82, 2.24) is 5.32 Å². The van der Waals surface area contributed by atoms with Gasteiger partial charge in [-0.15, -0.1) is 0 Å². The highest BCUT2D eigenvalue weighted by Crippen LogP contribution is 2.33. The van der Waals surface area contributed by atoms with E-state index in [1.54, 1.807) is 7.11 Å². The molecule has 0 amide bonds. The minimum atomic E-state index is 0.179. The summed E-state index contributed by atoms with van der Waals surface area (Å²) in [4.78, 5) is 0. The molecule has 1 atom stereocenters. The van der Waals surface area contributed by atoms with Gasteiger partial charge in [0.15, 0.2) is 11.5 Å². The van der Waals surface area contributed by atoms with E-state index in [9.17, 15) is 0 Å². The largest absolute Gasteiger partial charge is 0.493 e. The summed E-state index contributed by atoms with van der Waals surface area (Å²) in [5, 5.41) is 3.38. The summed E-state index contributed by atoms with van der Waals surface area (Å²) in [5.41, 5.74) is 1.33. The average Bonchev–Trinajstić information content (AvgIpc) is 2.87. The lowest BCUT2D eigenvalue weighted by Gasteiger charge is -2.27. The minimum Gasteiger partial charge on any atom is -0.493 e. The molecule has 0 aromatic heterocycles. The predicted octanol–water partition coefficient (Wildman–Crippen LogP) is 1.55. The standard InChI is InChI=1S/C14H19NO3/c1-16-14-6-10(11-4-5-15-7-11)2-3-13(14)18-12-8-17-9-12/h2-3,6,11-12,15H,4-5,7-9H2,1H3. The Balaban J connectivity index is 1.77. The van der Waals surface area contributed by atoms with Crippen molar-refractivity contribution in [2.24, 2.45) is 0 Å². The zero-order chi connectivity index (χ0) is 12.4. The van der Waals surface area contributed by atoms with E-state index < -0.39 is 0 Å². The molecule has 98 valence electrons. The van der Waals surface area contributed by atoms with Gasteiger partial charge in [0, 0.05) is 6.54 Å². The van der Waals surface area contributed by atoms with E-state index in [0.29, 0.717) is 19.1 Å². The van der Waals surface area contributed by atoms with Gasteiger partial charge in [0.1, 0.15) is 6.10 Å². The summed E-state index contributed by atoms with van der Waals surface area (Å²) in [6.07, 6.45) is 1.37. The number of hydrogen-bond donors (Lipinski definition) is 1. The van der Waals surface area contributed by atoms with Crippen molar-refractivity contribution in [2.75, 3.05) is 33.4 Å². The van der Waals surface area contributed by atoms with E-state index in [1.807, 2.05) is 6.07 Å². The molecule has 0 bridgehead atoms. The van der Waals surface area contributed by atoms with Crippen molar-refractivity contribution in [3.8, 4) is 11.5 Å². The Kier molecular flexibility index (Phi) is 3.39. The van der Waals surface area contributed by atoms with Crippen molar-refractivity contribution in [3.05, 3.63) is 23.8 Å². The third-order valence-corrected chi connectivity index (χ3v) is 3.62. The van der Waals surface area contributed by atoms with E-state index in [2.05, 4.69) is 17.4 Å². The van der Waals surface area contributed by atoms with Gasteiger partial charge in [-0.3, -0.25) is 0 Å². The first kappa shape index (κ1) is 11.8. The van der Waals surface area contributed by atoms with Crippen LogP contribution in [0.1, 0.15) is 17.9 Å². The molecule has 0 spiro atoms. The first-order valence-electron chi connectivity index (χ1n) is 6.50. The fourth-order valence-electron chi connectivity index (χ4n) is 2.44. The summed E-state index contributed by atoms with van der Waals surface area (Å²) in [6.45, 7) is 3.51. The fourth-order valence-corrected chi connectivity index (χ4v) is 2.44. The van der Waals surface area contributed by atoms with Crippen molar-refractivity contribution >= 4 is 0 Å². The molecule has 18 heavy (non-hydrogen) atoms. The topological polar surface area (TPSA) is 39.7 Å². The van der Waals surface area contributed by atoms with Gasteiger partial charge in [0.2, 0.25) is 0 Å². The highest BCUT2D eigenvalue weighted by molar-refractivity contribution is 5.44. The summed E-state index contributed by atoms with van der Waals surface area (Å²) in [6, 6.07) is 6.27. The summed E-state index contributed by atoms with van der Waals surface area (Å²) < 4.78 is 16.4. The Morgan fingerprint density at radius 2 is 2.17 bits per heavy atom. The van der Waals surface area contributed by atoms with Gasteiger partial charge < -0.3 is 19.5 Å². The van der Waals surface area contributed by atoms with Crippen molar-refractivity contribution < 1.29 is 14.2 Å². The molecule has 3 rings (SSSR count). The van der Waals surface area contributed by atoms with Crippen LogP contribution in [0.4, 0.5) is 0 Å². The van der Waals surface area contributed by atoms with E-state index in [-0.39, 0.29) is 6.10 Å². The number of nitrogens with one attached hydrogen (secondary N) is 1. The lowest BCUT2D eigenvalue weighted by atomic mass is 9.98. The SMILES string of the molecule is COc1cc(C2CCNC2)ccc1OC1COC1. The van der Waals surface area contributed by atoms with Crippen LogP contribution in [-0.4, -0.2) is 39.5 Å². The van der Waals surface area contributed by atoms with Crippen LogP contribution in [0.2, 0.25) is 0 Å². The van der Waals surface area contributed by atoms with Crippen LogP contribution in [0.15, 0.2) is 18.2 Å². The molecule has 0 aliphatic carbocycles. The number of benzene rings is 1. The molecular formula is C14H19NO3. The molecule has 1 unspecified atom stereocenters. The number of ether oxygens (including phenoxy) is 3. The maximum Gasteiger partial charge on any atom is 0.161 e. The fraction of sp³-hybridized carbons (Fsp3) is 0.571. The van der Waals surface area contributed by atoms with Gasteiger partial charge in [0.05, 0.1) is 20.3 Å². The molecule has 4 heteroatoms. The average molecular weight is 249 g/mol. The lowest BCUT2D eigenvalue weighted by molar-refractivity contribution is -0.0803. The molecule has 2 aliphatic rings. The second-order valence-corrected chi connectivity index (χ2v) is 4.88. The molecule has 1 aromatic carbocycles. The summed E-state index contributed by atoms with van der Waals surface area (Å²) >= 11 is 0. The van der Waals surface area contributed by atoms with Crippen LogP contribution in [0.25, 0.3) is 0 Å². The monoisotopic (exact) mass is 249 g/mol. The highest BCUT2D eigenvalue weighted by atomic mass is 16.6. The maximum atomic E-state index is 5.82. The maximum absolute atomic E-state index is 5.82. The van der Waals surface area contributed by atoms with Gasteiger partial charge >= 0.3 is 0 Å². The second kappa shape index (κ2) is 5.16. The Labute approximate surface area is 107 Å². The van der Waals surface area contributed by atoms with Crippen molar-refractivity contribution in [1.29, 1.82) is 0 Å². The normalized spacial score (nSPS) is 23.7. The highest BCUT2D eigenvalue weighted by Gasteiger charge is 2.23. The van der Waals surface area contributed by atoms with Gasteiger partial charge in [0.25, 0.3) is 0 Å². The molecule has 2 aliphatic heterocycles. The third kappa shape index (κ3) is 2.31. The van der Waals surface area contributed by atoms with E-state index in [0.717, 1.165) is 24.6 Å². The lowest BCUT2D eigenvalue weighted by Crippen LogP contribution is -2.38. The third-order valence-electron chi connectivity index (χ3n) is 3.62. The van der Waals surface area contributed by atoms with Crippen LogP contribution < -0.4 is 14.8 Å². The number of hydrogen-bond acceptors (Lipinski definition) is 4. The van der Waals surface area contributed by atoms with Gasteiger partial charge in [-0.25, -0.2) is 0 Å². The second-order valence-electron chi connectivity index (χ2n) is 4.88. The molecule has 4 nitrogen and oxygen atoms in total. The molecule has 1 aromatic rings. The Morgan fingerprint density at radius 1 is 1.28 bits per heavy atom.